The molecule has 3 aromatic rings. The van der Waals surface area contributed by atoms with Crippen molar-refractivity contribution in [3.05, 3.63) is 48.5 Å². The van der Waals surface area contributed by atoms with Gasteiger partial charge in [-0.05, 0) is 42.5 Å². The van der Waals surface area contributed by atoms with Crippen LogP contribution >= 0.6 is 0 Å². The molecule has 1 unspecified atom stereocenters. The maximum Gasteiger partial charge on any atom is 0.267 e. The van der Waals surface area contributed by atoms with Gasteiger partial charge in [0.1, 0.15) is 11.0 Å². The van der Waals surface area contributed by atoms with E-state index in [4.69, 9.17) is 4.84 Å². The van der Waals surface area contributed by atoms with E-state index in [0.29, 0.717) is 29.8 Å². The third kappa shape index (κ3) is 4.38. The minimum Gasteiger partial charge on any atom is -0.382 e. The zero-order valence-corrected chi connectivity index (χ0v) is 17.3. The Morgan fingerprint density at radius 2 is 1.86 bits per heavy atom. The molecule has 0 aliphatic carbocycles. The highest BCUT2D eigenvalue weighted by atomic mass is 32.2. The third-order valence-electron chi connectivity index (χ3n) is 4.40. The molecule has 0 saturated carbocycles. The summed E-state index contributed by atoms with van der Waals surface area (Å²) in [7, 11) is -3.64. The van der Waals surface area contributed by atoms with Crippen LogP contribution in [0.4, 0.5) is 5.69 Å². The van der Waals surface area contributed by atoms with Crippen LogP contribution in [0.15, 0.2) is 53.4 Å². The number of rotatable bonds is 8. The molecule has 1 N–H and O–H groups in total. The maximum absolute atomic E-state index is 12.8. The fourth-order valence-corrected chi connectivity index (χ4v) is 4.27. The first kappa shape index (κ1) is 20.7. The summed E-state index contributed by atoms with van der Waals surface area (Å²) in [6.07, 6.45) is -0.886. The number of amides is 1. The van der Waals surface area contributed by atoms with E-state index in [2.05, 4.69) is 15.6 Å². The number of fused-ring (bicyclic) bond motifs is 1. The summed E-state index contributed by atoms with van der Waals surface area (Å²) in [5.41, 5.74) is 1.46. The van der Waals surface area contributed by atoms with Gasteiger partial charge >= 0.3 is 0 Å². The van der Waals surface area contributed by atoms with Gasteiger partial charge in [-0.1, -0.05) is 36.9 Å². The van der Waals surface area contributed by atoms with Crippen LogP contribution in [0.5, 0.6) is 0 Å². The van der Waals surface area contributed by atoms with Crippen LogP contribution in [-0.4, -0.2) is 53.0 Å². The number of sulfonamides is 1. The summed E-state index contributed by atoms with van der Waals surface area (Å²) >= 11 is 0. The second kappa shape index (κ2) is 8.58. The van der Waals surface area contributed by atoms with Crippen LogP contribution in [0, 0.1) is 0 Å². The van der Waals surface area contributed by atoms with Gasteiger partial charge < -0.3 is 10.2 Å². The first-order chi connectivity index (χ1) is 13.9. The number of aromatic nitrogens is 3. The van der Waals surface area contributed by atoms with E-state index in [-0.39, 0.29) is 10.8 Å². The predicted octanol–water partition coefficient (Wildman–Crippen LogP) is 1.92. The molecule has 0 aliphatic rings. The molecular weight excluding hydrogens is 394 g/mol. The summed E-state index contributed by atoms with van der Waals surface area (Å²) in [6, 6.07) is 13.5. The molecule has 0 radical (unpaired) electrons. The fraction of sp³-hybridized carbons (Fsp3) is 0.316. The minimum atomic E-state index is -3.64. The molecule has 9 nitrogen and oxygen atoms in total. The number of carbonyl (C=O) groups excluding carboxylic acids is 1. The fourth-order valence-electron chi connectivity index (χ4n) is 2.79. The Morgan fingerprint density at radius 3 is 2.52 bits per heavy atom. The molecule has 1 aromatic heterocycles. The van der Waals surface area contributed by atoms with Gasteiger partial charge in [-0.3, -0.25) is 4.79 Å². The Kier molecular flexibility index (Phi) is 6.14. The van der Waals surface area contributed by atoms with Crippen molar-refractivity contribution in [2.45, 2.75) is 31.8 Å². The van der Waals surface area contributed by atoms with Crippen LogP contribution in [0.2, 0.25) is 0 Å². The highest BCUT2D eigenvalue weighted by Gasteiger charge is 2.24. The molecule has 0 fully saturated rings. The van der Waals surface area contributed by atoms with Gasteiger partial charge in [-0.25, -0.2) is 8.42 Å². The van der Waals surface area contributed by atoms with E-state index >= 15 is 0 Å². The SMILES string of the molecule is CCN(CC)S(=O)(=O)c1ccc2nnn(OC(C)C(=O)Nc3ccccc3)c2c1. The van der Waals surface area contributed by atoms with Crippen molar-refractivity contribution in [2.24, 2.45) is 0 Å². The second-order valence-electron chi connectivity index (χ2n) is 6.31. The third-order valence-corrected chi connectivity index (χ3v) is 6.44. The zero-order valence-electron chi connectivity index (χ0n) is 16.4. The van der Waals surface area contributed by atoms with Crippen LogP contribution in [0.25, 0.3) is 11.0 Å². The monoisotopic (exact) mass is 417 g/mol. The number of carbonyl (C=O) groups is 1. The van der Waals surface area contributed by atoms with Crippen molar-refractivity contribution in [1.82, 2.24) is 19.5 Å². The van der Waals surface area contributed by atoms with Crippen molar-refractivity contribution < 1.29 is 18.0 Å². The van der Waals surface area contributed by atoms with Crippen LogP contribution in [0.3, 0.4) is 0 Å². The Balaban J connectivity index is 1.84. The van der Waals surface area contributed by atoms with Crippen molar-refractivity contribution >= 4 is 32.7 Å². The number of nitrogens with zero attached hydrogens (tertiary/aromatic N) is 4. The molecule has 10 heteroatoms. The zero-order chi connectivity index (χ0) is 21.0. The minimum absolute atomic E-state index is 0.113. The molecule has 0 spiro atoms. The van der Waals surface area contributed by atoms with E-state index in [1.807, 2.05) is 18.2 Å². The van der Waals surface area contributed by atoms with Gasteiger partial charge in [0.2, 0.25) is 16.1 Å². The molecule has 2 aromatic carbocycles. The summed E-state index contributed by atoms with van der Waals surface area (Å²) in [5.74, 6) is -0.369. The Hall–Kier alpha value is -2.98. The van der Waals surface area contributed by atoms with Crippen molar-refractivity contribution in [2.75, 3.05) is 18.4 Å². The highest BCUT2D eigenvalue weighted by molar-refractivity contribution is 7.89. The summed E-state index contributed by atoms with van der Waals surface area (Å²) in [6.45, 7) is 5.86. The van der Waals surface area contributed by atoms with Crippen LogP contribution in [0.1, 0.15) is 20.8 Å². The van der Waals surface area contributed by atoms with Gasteiger partial charge in [-0.15, -0.1) is 5.10 Å². The largest absolute Gasteiger partial charge is 0.382 e. The molecule has 0 aliphatic heterocycles. The van der Waals surface area contributed by atoms with Gasteiger partial charge in [0.15, 0.2) is 0 Å². The number of anilines is 1. The Labute approximate surface area is 169 Å². The van der Waals surface area contributed by atoms with Crippen molar-refractivity contribution in [3.63, 3.8) is 0 Å². The van der Waals surface area contributed by atoms with Crippen LogP contribution in [-0.2, 0) is 14.8 Å². The van der Waals surface area contributed by atoms with E-state index in [9.17, 15) is 13.2 Å². The average Bonchev–Trinajstić information content (AvgIpc) is 3.11. The number of hydrogen-bond donors (Lipinski definition) is 1. The average molecular weight is 417 g/mol. The second-order valence-corrected chi connectivity index (χ2v) is 8.24. The molecule has 1 heterocycles. The summed E-state index contributed by atoms with van der Waals surface area (Å²) in [4.78, 5) is 19.2. The van der Waals surface area contributed by atoms with Gasteiger partial charge in [-0.2, -0.15) is 4.31 Å². The quantitative estimate of drug-likeness (QED) is 0.600. The van der Waals surface area contributed by atoms with E-state index in [0.717, 1.165) is 4.85 Å². The first-order valence-electron chi connectivity index (χ1n) is 9.25. The lowest BCUT2D eigenvalue weighted by Gasteiger charge is -2.18. The van der Waals surface area contributed by atoms with Gasteiger partial charge in [0.05, 0.1) is 4.90 Å². The molecule has 3 rings (SSSR count). The smallest absolute Gasteiger partial charge is 0.267 e. The highest BCUT2D eigenvalue weighted by Crippen LogP contribution is 2.20. The van der Waals surface area contributed by atoms with E-state index < -0.39 is 16.1 Å². The molecule has 1 atom stereocenters. The van der Waals surface area contributed by atoms with E-state index in [1.165, 1.54) is 16.4 Å². The van der Waals surface area contributed by atoms with Crippen molar-refractivity contribution in [3.8, 4) is 0 Å². The number of benzene rings is 2. The van der Waals surface area contributed by atoms with Crippen LogP contribution < -0.4 is 10.2 Å². The number of hydrogen-bond acceptors (Lipinski definition) is 6. The molecule has 1 amide bonds. The summed E-state index contributed by atoms with van der Waals surface area (Å²) < 4.78 is 26.9. The first-order valence-corrected chi connectivity index (χ1v) is 10.7. The normalized spacial score (nSPS) is 12.8. The molecular formula is C19H23N5O4S. The summed E-state index contributed by atoms with van der Waals surface area (Å²) in [5, 5.41) is 10.6. The molecule has 154 valence electrons. The lowest BCUT2D eigenvalue weighted by Crippen LogP contribution is -2.35. The van der Waals surface area contributed by atoms with Gasteiger partial charge in [0.25, 0.3) is 5.91 Å². The molecule has 29 heavy (non-hydrogen) atoms. The van der Waals surface area contributed by atoms with Gasteiger partial charge in [0, 0.05) is 18.8 Å². The maximum atomic E-state index is 12.8. The predicted molar refractivity (Wildman–Crippen MR) is 109 cm³/mol. The lowest BCUT2D eigenvalue weighted by molar-refractivity contribution is -0.127. The molecule has 0 bridgehead atoms. The Bertz CT molecular complexity index is 1090. The topological polar surface area (TPSA) is 106 Å². The number of nitrogens with one attached hydrogen (secondary N) is 1. The number of para-hydroxylation sites is 1. The lowest BCUT2D eigenvalue weighted by atomic mass is 10.3. The van der Waals surface area contributed by atoms with E-state index in [1.54, 1.807) is 39.0 Å². The Morgan fingerprint density at radius 1 is 1.17 bits per heavy atom. The molecule has 0 saturated heterocycles. The van der Waals surface area contributed by atoms with Crippen molar-refractivity contribution in [1.29, 1.82) is 0 Å². The standard InChI is InChI=1S/C19H23N5O4S/c1-4-23(5-2)29(26,27)16-11-12-17-18(13-16)24(22-21-17)28-14(3)19(25)20-15-9-7-6-8-10-15/h6-14H,4-5H2,1-3H3,(H,20,25).